The van der Waals surface area contributed by atoms with Gasteiger partial charge >= 0.3 is 5.97 Å². The quantitative estimate of drug-likeness (QED) is 0.650. The minimum atomic E-state index is -3.59. The van der Waals surface area contributed by atoms with Gasteiger partial charge in [0.1, 0.15) is 0 Å². The highest BCUT2D eigenvalue weighted by Crippen LogP contribution is 2.17. The second-order valence-corrected chi connectivity index (χ2v) is 7.62. The van der Waals surface area contributed by atoms with E-state index in [1.165, 1.54) is 37.2 Å². The zero-order valence-electron chi connectivity index (χ0n) is 14.4. The molecule has 1 rings (SSSR count). The molecule has 0 fully saturated rings. The smallest absolute Gasteiger partial charge is 0.317 e. The number of hydrogen-bond acceptors (Lipinski definition) is 5. The number of sulfonamides is 1. The van der Waals surface area contributed by atoms with E-state index in [4.69, 9.17) is 5.11 Å². The first kappa shape index (κ1) is 23.3. The van der Waals surface area contributed by atoms with Crippen LogP contribution in [0.2, 0.25) is 0 Å². The van der Waals surface area contributed by atoms with E-state index in [9.17, 15) is 18.0 Å². The fourth-order valence-electron chi connectivity index (χ4n) is 2.07. The van der Waals surface area contributed by atoms with E-state index < -0.39 is 21.9 Å². The molecule has 1 aromatic rings. The van der Waals surface area contributed by atoms with Gasteiger partial charge in [0.2, 0.25) is 15.9 Å². The SMILES string of the molecule is CCCN(CC(=O)O)CC(=O)Nc1cccc(S(=O)(=O)N(C)C)c1.Cl. The molecule has 0 aliphatic rings. The summed E-state index contributed by atoms with van der Waals surface area (Å²) in [4.78, 5) is 24.4. The standard InChI is InChI=1S/C15H23N3O5S.ClH/c1-4-8-18(11-15(20)21)10-14(19)16-12-6-5-7-13(9-12)24(22,23)17(2)3;/h5-7,9H,4,8,10-11H2,1-3H3,(H,16,19)(H,20,21);1H. The van der Waals surface area contributed by atoms with Crippen LogP contribution in [0.4, 0.5) is 5.69 Å². The van der Waals surface area contributed by atoms with Gasteiger partial charge in [0.25, 0.3) is 0 Å². The van der Waals surface area contributed by atoms with Gasteiger partial charge in [-0.15, -0.1) is 12.4 Å². The highest BCUT2D eigenvalue weighted by Gasteiger charge is 2.18. The normalized spacial score (nSPS) is 11.2. The van der Waals surface area contributed by atoms with Crippen LogP contribution >= 0.6 is 12.4 Å². The Kier molecular flexibility index (Phi) is 9.65. The molecule has 25 heavy (non-hydrogen) atoms. The summed E-state index contributed by atoms with van der Waals surface area (Å²) in [7, 11) is -0.737. The molecule has 8 nitrogen and oxygen atoms in total. The van der Waals surface area contributed by atoms with Gasteiger partial charge in [-0.1, -0.05) is 13.0 Å². The Morgan fingerprint density at radius 1 is 1.20 bits per heavy atom. The Morgan fingerprint density at radius 2 is 1.84 bits per heavy atom. The molecule has 0 radical (unpaired) electrons. The van der Waals surface area contributed by atoms with Crippen molar-refractivity contribution in [1.29, 1.82) is 0 Å². The lowest BCUT2D eigenvalue weighted by Gasteiger charge is -2.19. The maximum Gasteiger partial charge on any atom is 0.317 e. The van der Waals surface area contributed by atoms with Crippen molar-refractivity contribution < 1.29 is 23.1 Å². The summed E-state index contributed by atoms with van der Waals surface area (Å²) in [5.41, 5.74) is 0.342. The summed E-state index contributed by atoms with van der Waals surface area (Å²) >= 11 is 0. The summed E-state index contributed by atoms with van der Waals surface area (Å²) < 4.78 is 25.3. The maximum absolute atomic E-state index is 12.1. The van der Waals surface area contributed by atoms with E-state index in [2.05, 4.69) is 5.32 Å². The minimum absolute atomic E-state index is 0. The molecule has 0 atom stereocenters. The van der Waals surface area contributed by atoms with Crippen LogP contribution in [0.3, 0.4) is 0 Å². The molecule has 0 aliphatic carbocycles. The van der Waals surface area contributed by atoms with Crippen LogP contribution in [0.5, 0.6) is 0 Å². The lowest BCUT2D eigenvalue weighted by molar-refractivity contribution is -0.138. The van der Waals surface area contributed by atoms with Crippen LogP contribution in [0.15, 0.2) is 29.2 Å². The first-order chi connectivity index (χ1) is 11.2. The molecule has 1 aromatic carbocycles. The molecule has 0 bridgehead atoms. The zero-order chi connectivity index (χ0) is 18.3. The van der Waals surface area contributed by atoms with Crippen LogP contribution in [0.25, 0.3) is 0 Å². The highest BCUT2D eigenvalue weighted by atomic mass is 35.5. The Morgan fingerprint density at radius 3 is 2.36 bits per heavy atom. The molecule has 1 amide bonds. The average molecular weight is 394 g/mol. The number of aliphatic carboxylic acids is 1. The Bertz CT molecular complexity index is 694. The number of hydrogen-bond donors (Lipinski definition) is 2. The lowest BCUT2D eigenvalue weighted by atomic mass is 10.3. The third-order valence-electron chi connectivity index (χ3n) is 3.16. The van der Waals surface area contributed by atoms with Crippen molar-refractivity contribution in [3.63, 3.8) is 0 Å². The molecule has 0 heterocycles. The number of anilines is 1. The molecule has 0 unspecified atom stereocenters. The van der Waals surface area contributed by atoms with Crippen molar-refractivity contribution >= 4 is 40.0 Å². The number of benzene rings is 1. The molecule has 2 N–H and O–H groups in total. The van der Waals surface area contributed by atoms with Gasteiger partial charge in [-0.25, -0.2) is 12.7 Å². The van der Waals surface area contributed by atoms with E-state index in [0.29, 0.717) is 12.2 Å². The van der Waals surface area contributed by atoms with Crippen molar-refractivity contribution in [2.24, 2.45) is 0 Å². The molecule has 0 saturated carbocycles. The molecule has 0 aliphatic heterocycles. The molecule has 0 aromatic heterocycles. The van der Waals surface area contributed by atoms with Gasteiger partial charge in [-0.3, -0.25) is 14.5 Å². The predicted molar refractivity (Wildman–Crippen MR) is 97.6 cm³/mol. The van der Waals surface area contributed by atoms with Crippen molar-refractivity contribution in [1.82, 2.24) is 9.21 Å². The molecular formula is C15H24ClN3O5S. The van der Waals surface area contributed by atoms with Crippen molar-refractivity contribution in [2.45, 2.75) is 18.2 Å². The third-order valence-corrected chi connectivity index (χ3v) is 4.97. The van der Waals surface area contributed by atoms with Crippen LogP contribution in [-0.2, 0) is 19.6 Å². The first-order valence-electron chi connectivity index (χ1n) is 7.43. The van der Waals surface area contributed by atoms with Crippen molar-refractivity contribution in [3.8, 4) is 0 Å². The number of carbonyl (C=O) groups is 2. The number of carbonyl (C=O) groups excluding carboxylic acids is 1. The van der Waals surface area contributed by atoms with Crippen molar-refractivity contribution in [2.75, 3.05) is 39.0 Å². The molecule has 0 saturated heterocycles. The fourth-order valence-corrected chi connectivity index (χ4v) is 3.02. The number of nitrogens with one attached hydrogen (secondary N) is 1. The van der Waals surface area contributed by atoms with Crippen LogP contribution < -0.4 is 5.32 Å². The monoisotopic (exact) mass is 393 g/mol. The van der Waals surface area contributed by atoms with Crippen molar-refractivity contribution in [3.05, 3.63) is 24.3 Å². The van der Waals surface area contributed by atoms with Gasteiger partial charge in [-0.05, 0) is 31.2 Å². The van der Waals surface area contributed by atoms with Crippen LogP contribution in [0, 0.1) is 0 Å². The third kappa shape index (κ3) is 7.39. The van der Waals surface area contributed by atoms with E-state index in [1.807, 2.05) is 6.92 Å². The van der Waals surface area contributed by atoms with Gasteiger partial charge in [0.05, 0.1) is 18.0 Å². The summed E-state index contributed by atoms with van der Waals surface area (Å²) in [5, 5.41) is 11.4. The summed E-state index contributed by atoms with van der Waals surface area (Å²) in [5.74, 6) is -1.40. The second kappa shape index (κ2) is 10.3. The number of carboxylic acids is 1. The Balaban J connectivity index is 0.00000576. The first-order valence-corrected chi connectivity index (χ1v) is 8.87. The number of halogens is 1. The van der Waals surface area contributed by atoms with Gasteiger partial charge < -0.3 is 10.4 Å². The summed E-state index contributed by atoms with van der Waals surface area (Å²) in [6.07, 6.45) is 0.719. The summed E-state index contributed by atoms with van der Waals surface area (Å²) in [6, 6.07) is 5.92. The van der Waals surface area contributed by atoms with E-state index in [1.54, 1.807) is 6.07 Å². The number of carboxylic acid groups (broad SMARTS) is 1. The predicted octanol–water partition coefficient (Wildman–Crippen LogP) is 1.09. The number of amides is 1. The van der Waals surface area contributed by atoms with Crippen LogP contribution in [-0.4, -0.2) is 68.3 Å². The van der Waals surface area contributed by atoms with Gasteiger partial charge in [0.15, 0.2) is 0 Å². The second-order valence-electron chi connectivity index (χ2n) is 5.47. The van der Waals surface area contributed by atoms with E-state index in [-0.39, 0.29) is 30.4 Å². The Hall–Kier alpha value is -1.68. The van der Waals surface area contributed by atoms with E-state index in [0.717, 1.165) is 10.7 Å². The number of nitrogens with zero attached hydrogens (tertiary/aromatic N) is 2. The number of rotatable bonds is 9. The summed E-state index contributed by atoms with van der Waals surface area (Å²) in [6.45, 7) is 2.07. The average Bonchev–Trinajstić information content (AvgIpc) is 2.46. The molecule has 142 valence electrons. The molecular weight excluding hydrogens is 370 g/mol. The van der Waals surface area contributed by atoms with Gasteiger partial charge in [0, 0.05) is 19.8 Å². The highest BCUT2D eigenvalue weighted by molar-refractivity contribution is 7.89. The molecule has 0 spiro atoms. The van der Waals surface area contributed by atoms with Crippen LogP contribution in [0.1, 0.15) is 13.3 Å². The molecule has 10 heteroatoms. The maximum atomic E-state index is 12.1. The minimum Gasteiger partial charge on any atom is -0.480 e. The van der Waals surface area contributed by atoms with Gasteiger partial charge in [-0.2, -0.15) is 0 Å². The lowest BCUT2D eigenvalue weighted by Crippen LogP contribution is -2.37. The largest absolute Gasteiger partial charge is 0.480 e. The fraction of sp³-hybridized carbons (Fsp3) is 0.467. The Labute approximate surface area is 154 Å². The topological polar surface area (TPSA) is 107 Å². The zero-order valence-corrected chi connectivity index (χ0v) is 16.1. The van der Waals surface area contributed by atoms with E-state index >= 15 is 0 Å².